The number of likely N-dealkylation sites (tertiary alicyclic amines) is 1. The van der Waals surface area contributed by atoms with Crippen LogP contribution in [-0.2, 0) is 13.6 Å². The van der Waals surface area contributed by atoms with Gasteiger partial charge in [0.1, 0.15) is 5.82 Å². The summed E-state index contributed by atoms with van der Waals surface area (Å²) in [6.45, 7) is 4.26. The molecule has 2 heterocycles. The molecule has 0 aromatic carbocycles. The predicted molar refractivity (Wildman–Crippen MR) is 72.6 cm³/mol. The lowest BCUT2D eigenvalue weighted by Crippen LogP contribution is -2.41. The van der Waals surface area contributed by atoms with Crippen LogP contribution in [-0.4, -0.2) is 46.0 Å². The highest BCUT2D eigenvalue weighted by Gasteiger charge is 2.24. The third kappa shape index (κ3) is 2.52. The summed E-state index contributed by atoms with van der Waals surface area (Å²) >= 11 is 0. The SMILES string of the molecule is CNc1c(CN2CCCCC2CO)c(C)nn1C. The Bertz CT molecular complexity index is 402. The van der Waals surface area contributed by atoms with E-state index in [9.17, 15) is 5.11 Å². The first kappa shape index (κ1) is 13.4. The molecule has 1 aromatic rings. The molecule has 1 unspecified atom stereocenters. The average Bonchev–Trinajstić information content (AvgIpc) is 2.64. The summed E-state index contributed by atoms with van der Waals surface area (Å²) in [5, 5.41) is 17.1. The molecule has 2 rings (SSSR count). The average molecular weight is 252 g/mol. The fraction of sp³-hybridized carbons (Fsp3) is 0.769. The summed E-state index contributed by atoms with van der Waals surface area (Å²) in [6, 6.07) is 0.308. The second kappa shape index (κ2) is 5.71. The van der Waals surface area contributed by atoms with Crippen molar-refractivity contribution in [1.82, 2.24) is 14.7 Å². The standard InChI is InChI=1S/C13H24N4O/c1-10-12(13(14-2)16(3)15-10)8-17-7-5-4-6-11(17)9-18/h11,14,18H,4-9H2,1-3H3. The molecule has 102 valence electrons. The van der Waals surface area contributed by atoms with E-state index in [1.54, 1.807) is 0 Å². The van der Waals surface area contributed by atoms with Gasteiger partial charge in [-0.2, -0.15) is 5.10 Å². The first-order valence-corrected chi connectivity index (χ1v) is 6.72. The van der Waals surface area contributed by atoms with Crippen molar-refractivity contribution in [2.45, 2.75) is 38.8 Å². The number of anilines is 1. The highest BCUT2D eigenvalue weighted by molar-refractivity contribution is 5.46. The molecule has 1 saturated heterocycles. The Hall–Kier alpha value is -1.07. The van der Waals surface area contributed by atoms with Crippen molar-refractivity contribution in [3.63, 3.8) is 0 Å². The van der Waals surface area contributed by atoms with E-state index in [0.717, 1.165) is 31.0 Å². The van der Waals surface area contributed by atoms with E-state index in [1.165, 1.54) is 18.4 Å². The van der Waals surface area contributed by atoms with E-state index in [1.807, 2.05) is 25.7 Å². The first-order chi connectivity index (χ1) is 8.67. The Kier molecular flexibility index (Phi) is 4.24. The smallest absolute Gasteiger partial charge is 0.128 e. The summed E-state index contributed by atoms with van der Waals surface area (Å²) in [6.07, 6.45) is 3.56. The number of piperidine rings is 1. The van der Waals surface area contributed by atoms with Gasteiger partial charge in [0.05, 0.1) is 12.3 Å². The Morgan fingerprint density at radius 3 is 2.89 bits per heavy atom. The maximum absolute atomic E-state index is 9.46. The minimum Gasteiger partial charge on any atom is -0.395 e. The van der Waals surface area contributed by atoms with Crippen molar-refractivity contribution in [2.24, 2.45) is 7.05 Å². The third-order valence-electron chi connectivity index (χ3n) is 3.90. The lowest BCUT2D eigenvalue weighted by atomic mass is 10.0. The zero-order valence-corrected chi connectivity index (χ0v) is 11.6. The van der Waals surface area contributed by atoms with Gasteiger partial charge in [0.25, 0.3) is 0 Å². The second-order valence-electron chi connectivity index (χ2n) is 5.09. The largest absolute Gasteiger partial charge is 0.395 e. The molecular formula is C13H24N4O. The van der Waals surface area contributed by atoms with E-state index < -0.39 is 0 Å². The summed E-state index contributed by atoms with van der Waals surface area (Å²) in [5.74, 6) is 1.08. The van der Waals surface area contributed by atoms with Crippen LogP contribution >= 0.6 is 0 Å². The molecule has 18 heavy (non-hydrogen) atoms. The molecule has 0 amide bonds. The summed E-state index contributed by atoms with van der Waals surface area (Å²) < 4.78 is 1.89. The van der Waals surface area contributed by atoms with Gasteiger partial charge in [0.2, 0.25) is 0 Å². The molecule has 5 heteroatoms. The van der Waals surface area contributed by atoms with Crippen molar-refractivity contribution >= 4 is 5.82 Å². The number of hydrogen-bond donors (Lipinski definition) is 2. The van der Waals surface area contributed by atoms with Gasteiger partial charge >= 0.3 is 0 Å². The van der Waals surface area contributed by atoms with Crippen LogP contribution in [0.2, 0.25) is 0 Å². The molecule has 0 aliphatic carbocycles. The number of nitrogens with zero attached hydrogens (tertiary/aromatic N) is 3. The molecule has 1 aliphatic rings. The van der Waals surface area contributed by atoms with Gasteiger partial charge < -0.3 is 10.4 Å². The summed E-state index contributed by atoms with van der Waals surface area (Å²) in [4.78, 5) is 2.38. The van der Waals surface area contributed by atoms with Crippen LogP contribution in [0.3, 0.4) is 0 Å². The molecule has 0 spiro atoms. The lowest BCUT2D eigenvalue weighted by molar-refractivity contribution is 0.0841. The quantitative estimate of drug-likeness (QED) is 0.843. The molecule has 1 aromatic heterocycles. The van der Waals surface area contributed by atoms with Crippen LogP contribution in [0.1, 0.15) is 30.5 Å². The van der Waals surface area contributed by atoms with Gasteiger partial charge in [-0.1, -0.05) is 6.42 Å². The fourth-order valence-electron chi connectivity index (χ4n) is 2.88. The topological polar surface area (TPSA) is 53.3 Å². The zero-order chi connectivity index (χ0) is 13.1. The lowest BCUT2D eigenvalue weighted by Gasteiger charge is -2.34. The van der Waals surface area contributed by atoms with Gasteiger partial charge in [-0.15, -0.1) is 0 Å². The fourth-order valence-corrected chi connectivity index (χ4v) is 2.88. The molecular weight excluding hydrogens is 228 g/mol. The van der Waals surface area contributed by atoms with Gasteiger partial charge in [0.15, 0.2) is 0 Å². The van der Waals surface area contributed by atoms with Crippen LogP contribution in [0, 0.1) is 6.92 Å². The Labute approximate surface area is 109 Å². The molecule has 1 aliphatic heterocycles. The number of rotatable bonds is 4. The summed E-state index contributed by atoms with van der Waals surface area (Å²) in [7, 11) is 3.89. The van der Waals surface area contributed by atoms with Crippen LogP contribution in [0.15, 0.2) is 0 Å². The Morgan fingerprint density at radius 2 is 2.22 bits per heavy atom. The van der Waals surface area contributed by atoms with Crippen LogP contribution < -0.4 is 5.32 Å². The highest BCUT2D eigenvalue weighted by Crippen LogP contribution is 2.24. The monoisotopic (exact) mass is 252 g/mol. The van der Waals surface area contributed by atoms with E-state index in [0.29, 0.717) is 6.04 Å². The molecule has 1 atom stereocenters. The number of nitrogens with one attached hydrogen (secondary N) is 1. The normalized spacial score (nSPS) is 21.2. The van der Waals surface area contributed by atoms with E-state index >= 15 is 0 Å². The maximum Gasteiger partial charge on any atom is 0.128 e. The van der Waals surface area contributed by atoms with Crippen molar-refractivity contribution in [1.29, 1.82) is 0 Å². The number of aliphatic hydroxyl groups excluding tert-OH is 1. The molecule has 0 radical (unpaired) electrons. The van der Waals surface area contributed by atoms with Crippen molar-refractivity contribution in [3.8, 4) is 0 Å². The van der Waals surface area contributed by atoms with Crippen LogP contribution in [0.25, 0.3) is 0 Å². The van der Waals surface area contributed by atoms with Gasteiger partial charge in [0, 0.05) is 32.2 Å². The van der Waals surface area contributed by atoms with Gasteiger partial charge in [-0.05, 0) is 26.3 Å². The summed E-state index contributed by atoms with van der Waals surface area (Å²) in [5.41, 5.74) is 2.32. The molecule has 2 N–H and O–H groups in total. The molecule has 0 bridgehead atoms. The van der Waals surface area contributed by atoms with Gasteiger partial charge in [-0.25, -0.2) is 0 Å². The van der Waals surface area contributed by atoms with Gasteiger partial charge in [-0.3, -0.25) is 9.58 Å². The van der Waals surface area contributed by atoms with Crippen molar-refractivity contribution in [2.75, 3.05) is 25.5 Å². The number of aromatic nitrogens is 2. The van der Waals surface area contributed by atoms with E-state index in [-0.39, 0.29) is 6.61 Å². The number of aliphatic hydroxyl groups is 1. The van der Waals surface area contributed by atoms with Crippen molar-refractivity contribution < 1.29 is 5.11 Å². The minimum atomic E-state index is 0.258. The van der Waals surface area contributed by atoms with E-state index in [2.05, 4.69) is 15.3 Å². The third-order valence-corrected chi connectivity index (χ3v) is 3.90. The van der Waals surface area contributed by atoms with E-state index in [4.69, 9.17) is 0 Å². The maximum atomic E-state index is 9.46. The predicted octanol–water partition coefficient (Wildman–Crippen LogP) is 1.12. The molecule has 5 nitrogen and oxygen atoms in total. The molecule has 1 fully saturated rings. The second-order valence-corrected chi connectivity index (χ2v) is 5.09. The first-order valence-electron chi connectivity index (χ1n) is 6.72. The van der Waals surface area contributed by atoms with Crippen LogP contribution in [0.5, 0.6) is 0 Å². The number of hydrogen-bond acceptors (Lipinski definition) is 4. The Balaban J connectivity index is 2.17. The Morgan fingerprint density at radius 1 is 1.44 bits per heavy atom. The van der Waals surface area contributed by atoms with Crippen LogP contribution in [0.4, 0.5) is 5.82 Å². The highest BCUT2D eigenvalue weighted by atomic mass is 16.3. The zero-order valence-electron chi connectivity index (χ0n) is 11.6. The minimum absolute atomic E-state index is 0.258. The number of aryl methyl sites for hydroxylation is 2. The van der Waals surface area contributed by atoms with Crippen molar-refractivity contribution in [3.05, 3.63) is 11.3 Å². The molecule has 0 saturated carbocycles.